The molecule has 0 bridgehead atoms. The predicted molar refractivity (Wildman–Crippen MR) is 92.3 cm³/mol. The summed E-state index contributed by atoms with van der Waals surface area (Å²) in [6, 6.07) is 10.8. The molecule has 0 saturated carbocycles. The van der Waals surface area contributed by atoms with Crippen LogP contribution in [-0.2, 0) is 0 Å². The van der Waals surface area contributed by atoms with Crippen molar-refractivity contribution in [3.8, 4) is 17.2 Å². The van der Waals surface area contributed by atoms with Crippen molar-refractivity contribution in [1.29, 1.82) is 0 Å². The van der Waals surface area contributed by atoms with E-state index in [0.29, 0.717) is 28.5 Å². The number of hydrogen-bond acceptors (Lipinski definition) is 4. The van der Waals surface area contributed by atoms with E-state index in [0.717, 1.165) is 10.9 Å². The number of rotatable bonds is 5. The first-order valence-electron chi connectivity index (χ1n) is 7.34. The first-order chi connectivity index (χ1) is 11.7. The predicted octanol–water partition coefficient (Wildman–Crippen LogP) is 3.45. The molecule has 0 radical (unpaired) electrons. The molecule has 124 valence electrons. The van der Waals surface area contributed by atoms with E-state index in [4.69, 9.17) is 14.2 Å². The van der Waals surface area contributed by atoms with E-state index in [2.05, 4.69) is 10.3 Å². The lowest BCUT2D eigenvalue weighted by atomic mass is 10.1. The molecule has 1 amide bonds. The first-order valence-corrected chi connectivity index (χ1v) is 7.34. The Bertz CT molecular complexity index is 861. The van der Waals surface area contributed by atoms with Gasteiger partial charge in [0.15, 0.2) is 11.5 Å². The van der Waals surface area contributed by atoms with Crippen LogP contribution in [0.3, 0.4) is 0 Å². The Labute approximate surface area is 139 Å². The third-order valence-corrected chi connectivity index (χ3v) is 3.74. The summed E-state index contributed by atoms with van der Waals surface area (Å²) in [6.07, 6.45) is 1.86. The Morgan fingerprint density at radius 3 is 2.29 bits per heavy atom. The highest BCUT2D eigenvalue weighted by molar-refractivity contribution is 6.05. The zero-order chi connectivity index (χ0) is 17.1. The second kappa shape index (κ2) is 6.54. The SMILES string of the molecule is COc1cc(C(=O)Nc2ccc3[nH]ccc3c2)cc(OC)c1OC. The van der Waals surface area contributed by atoms with Gasteiger partial charge >= 0.3 is 0 Å². The van der Waals surface area contributed by atoms with Crippen LogP contribution < -0.4 is 19.5 Å². The van der Waals surface area contributed by atoms with Crippen molar-refractivity contribution in [3.63, 3.8) is 0 Å². The fourth-order valence-electron chi connectivity index (χ4n) is 2.55. The topological polar surface area (TPSA) is 72.6 Å². The van der Waals surface area contributed by atoms with Crippen LogP contribution in [-0.4, -0.2) is 32.2 Å². The molecule has 24 heavy (non-hydrogen) atoms. The Morgan fingerprint density at radius 2 is 1.67 bits per heavy atom. The van der Waals surface area contributed by atoms with Crippen LogP contribution in [0.4, 0.5) is 5.69 Å². The second-order valence-corrected chi connectivity index (χ2v) is 5.15. The van der Waals surface area contributed by atoms with Crippen LogP contribution in [0.1, 0.15) is 10.4 Å². The quantitative estimate of drug-likeness (QED) is 0.753. The van der Waals surface area contributed by atoms with E-state index in [-0.39, 0.29) is 5.91 Å². The molecule has 0 aliphatic carbocycles. The van der Waals surface area contributed by atoms with Gasteiger partial charge in [0.05, 0.1) is 21.3 Å². The summed E-state index contributed by atoms with van der Waals surface area (Å²) in [7, 11) is 4.55. The molecule has 0 unspecified atom stereocenters. The van der Waals surface area contributed by atoms with E-state index in [1.54, 1.807) is 12.1 Å². The van der Waals surface area contributed by atoms with Crippen molar-refractivity contribution in [1.82, 2.24) is 4.98 Å². The fourth-order valence-corrected chi connectivity index (χ4v) is 2.55. The van der Waals surface area contributed by atoms with Crippen LogP contribution in [0.5, 0.6) is 17.2 Å². The van der Waals surface area contributed by atoms with E-state index < -0.39 is 0 Å². The lowest BCUT2D eigenvalue weighted by Gasteiger charge is -2.14. The maximum Gasteiger partial charge on any atom is 0.255 e. The first kappa shape index (κ1) is 15.7. The van der Waals surface area contributed by atoms with Gasteiger partial charge in [-0.15, -0.1) is 0 Å². The molecular formula is C18H18N2O4. The average Bonchev–Trinajstić information content (AvgIpc) is 3.07. The monoisotopic (exact) mass is 326 g/mol. The van der Waals surface area contributed by atoms with E-state index in [1.807, 2.05) is 30.5 Å². The van der Waals surface area contributed by atoms with Gasteiger partial charge in [0.1, 0.15) is 0 Å². The number of aromatic nitrogens is 1. The summed E-state index contributed by atoms with van der Waals surface area (Å²) in [5.74, 6) is 1.06. The van der Waals surface area contributed by atoms with Gasteiger partial charge in [-0.05, 0) is 36.4 Å². The molecule has 0 atom stereocenters. The van der Waals surface area contributed by atoms with Crippen LogP contribution >= 0.6 is 0 Å². The number of amides is 1. The van der Waals surface area contributed by atoms with Crippen molar-refractivity contribution in [3.05, 3.63) is 48.2 Å². The van der Waals surface area contributed by atoms with E-state index in [1.165, 1.54) is 21.3 Å². The van der Waals surface area contributed by atoms with Crippen molar-refractivity contribution < 1.29 is 19.0 Å². The zero-order valence-electron chi connectivity index (χ0n) is 13.7. The van der Waals surface area contributed by atoms with Gasteiger partial charge in [-0.3, -0.25) is 4.79 Å². The number of H-pyrrole nitrogens is 1. The summed E-state index contributed by atoms with van der Waals surface area (Å²) in [5.41, 5.74) is 2.14. The lowest BCUT2D eigenvalue weighted by molar-refractivity contribution is 0.102. The normalized spacial score (nSPS) is 10.5. The van der Waals surface area contributed by atoms with Crippen molar-refractivity contribution in [2.45, 2.75) is 0 Å². The van der Waals surface area contributed by atoms with Gasteiger partial charge in [-0.25, -0.2) is 0 Å². The number of ether oxygens (including phenoxy) is 3. The van der Waals surface area contributed by atoms with Gasteiger partial charge in [0, 0.05) is 28.4 Å². The average molecular weight is 326 g/mol. The smallest absolute Gasteiger partial charge is 0.255 e. The number of nitrogens with one attached hydrogen (secondary N) is 2. The minimum atomic E-state index is -0.260. The number of carbonyl (C=O) groups excluding carboxylic acids is 1. The summed E-state index contributed by atoms with van der Waals surface area (Å²) in [5, 5.41) is 3.90. The minimum Gasteiger partial charge on any atom is -0.493 e. The van der Waals surface area contributed by atoms with Crippen LogP contribution in [0.2, 0.25) is 0 Å². The van der Waals surface area contributed by atoms with Crippen molar-refractivity contribution in [2.24, 2.45) is 0 Å². The van der Waals surface area contributed by atoms with Gasteiger partial charge in [-0.1, -0.05) is 0 Å². The summed E-state index contributed by atoms with van der Waals surface area (Å²) >= 11 is 0. The molecule has 0 fully saturated rings. The number of methoxy groups -OCH3 is 3. The maximum atomic E-state index is 12.6. The highest BCUT2D eigenvalue weighted by atomic mass is 16.5. The Hall–Kier alpha value is -3.15. The molecule has 3 aromatic rings. The number of fused-ring (bicyclic) bond motifs is 1. The molecule has 6 nitrogen and oxygen atoms in total. The largest absolute Gasteiger partial charge is 0.493 e. The summed E-state index contributed by atoms with van der Waals surface area (Å²) < 4.78 is 15.8. The standard InChI is InChI=1S/C18H18N2O4/c1-22-15-9-12(10-16(23-2)17(15)24-3)18(21)20-13-4-5-14-11(8-13)6-7-19-14/h4-10,19H,1-3H3,(H,20,21). The number of hydrogen-bond donors (Lipinski definition) is 2. The molecule has 6 heteroatoms. The van der Waals surface area contributed by atoms with Gasteiger partial charge < -0.3 is 24.5 Å². The Kier molecular flexibility index (Phi) is 4.29. The molecule has 0 aliphatic heterocycles. The second-order valence-electron chi connectivity index (χ2n) is 5.15. The van der Waals surface area contributed by atoms with Gasteiger partial charge in [-0.2, -0.15) is 0 Å². The van der Waals surface area contributed by atoms with Crippen molar-refractivity contribution in [2.75, 3.05) is 26.6 Å². The molecule has 2 N–H and O–H groups in total. The molecule has 0 spiro atoms. The number of aromatic amines is 1. The van der Waals surface area contributed by atoms with E-state index in [9.17, 15) is 4.79 Å². The lowest BCUT2D eigenvalue weighted by Crippen LogP contribution is -2.12. The maximum absolute atomic E-state index is 12.6. The molecule has 0 aliphatic rings. The van der Waals surface area contributed by atoms with Gasteiger partial charge in [0.25, 0.3) is 5.91 Å². The summed E-state index contributed by atoms with van der Waals surface area (Å²) in [6.45, 7) is 0. The molecule has 3 rings (SSSR count). The minimum absolute atomic E-state index is 0.260. The molecule has 1 heterocycles. The van der Waals surface area contributed by atoms with Crippen LogP contribution in [0.15, 0.2) is 42.6 Å². The summed E-state index contributed by atoms with van der Waals surface area (Å²) in [4.78, 5) is 15.7. The van der Waals surface area contributed by atoms with Crippen molar-refractivity contribution >= 4 is 22.5 Å². The number of carbonyl (C=O) groups is 1. The fraction of sp³-hybridized carbons (Fsp3) is 0.167. The molecule has 2 aromatic carbocycles. The third-order valence-electron chi connectivity index (χ3n) is 3.74. The van der Waals surface area contributed by atoms with E-state index >= 15 is 0 Å². The van der Waals surface area contributed by atoms with Crippen LogP contribution in [0.25, 0.3) is 10.9 Å². The highest BCUT2D eigenvalue weighted by Gasteiger charge is 2.17. The molecule has 1 aromatic heterocycles. The highest BCUT2D eigenvalue weighted by Crippen LogP contribution is 2.38. The third kappa shape index (κ3) is 2.86. The number of benzene rings is 2. The molecular weight excluding hydrogens is 308 g/mol. The zero-order valence-corrected chi connectivity index (χ0v) is 13.7. The number of anilines is 1. The Morgan fingerprint density at radius 1 is 0.958 bits per heavy atom. The van der Waals surface area contributed by atoms with Crippen LogP contribution in [0, 0.1) is 0 Å². The Balaban J connectivity index is 1.91. The van der Waals surface area contributed by atoms with Gasteiger partial charge in [0.2, 0.25) is 5.75 Å². The molecule has 0 saturated heterocycles.